The summed E-state index contributed by atoms with van der Waals surface area (Å²) in [5.74, 6) is 0. The molecule has 0 aliphatic heterocycles. The first-order valence-corrected chi connectivity index (χ1v) is 6.62. The van der Waals surface area contributed by atoms with Crippen LogP contribution < -0.4 is 5.32 Å². The molecule has 0 bridgehead atoms. The summed E-state index contributed by atoms with van der Waals surface area (Å²) < 4.78 is 0. The van der Waals surface area contributed by atoms with Gasteiger partial charge in [0.2, 0.25) is 0 Å². The molecule has 0 radical (unpaired) electrons. The summed E-state index contributed by atoms with van der Waals surface area (Å²) in [6.45, 7) is 6.43. The van der Waals surface area contributed by atoms with Gasteiger partial charge in [-0.3, -0.25) is 0 Å². The number of nitrogens with one attached hydrogen (secondary N) is 1. The molecule has 1 N–H and O–H groups in total. The molecule has 0 fully saturated rings. The zero-order valence-corrected chi connectivity index (χ0v) is 11.6. The van der Waals surface area contributed by atoms with Crippen LogP contribution in [-0.2, 0) is 6.42 Å². The van der Waals surface area contributed by atoms with E-state index in [1.807, 2.05) is 7.05 Å². The highest BCUT2D eigenvalue weighted by atomic mass is 32.1. The van der Waals surface area contributed by atoms with Gasteiger partial charge >= 0.3 is 0 Å². The van der Waals surface area contributed by atoms with Gasteiger partial charge in [0.15, 0.2) is 5.13 Å². The van der Waals surface area contributed by atoms with Gasteiger partial charge in [-0.2, -0.15) is 0 Å². The molecule has 0 amide bonds. The van der Waals surface area contributed by atoms with Crippen molar-refractivity contribution in [1.29, 1.82) is 0 Å². The normalized spacial score (nSPS) is 10.6. The molecule has 0 saturated heterocycles. The van der Waals surface area contributed by atoms with Gasteiger partial charge in [0.25, 0.3) is 0 Å². The van der Waals surface area contributed by atoms with Gasteiger partial charge in [0.1, 0.15) is 0 Å². The Labute approximate surface area is 107 Å². The molecule has 0 saturated carbocycles. The number of hydrogen-bond donors (Lipinski definition) is 1. The van der Waals surface area contributed by atoms with Crippen molar-refractivity contribution in [3.8, 4) is 0 Å². The minimum atomic E-state index is 0.927. The second-order valence-corrected chi connectivity index (χ2v) is 5.58. The fourth-order valence-electron chi connectivity index (χ4n) is 1.92. The van der Waals surface area contributed by atoms with Crippen LogP contribution in [0.25, 0.3) is 0 Å². The second kappa shape index (κ2) is 4.88. The lowest BCUT2D eigenvalue weighted by Gasteiger charge is -2.05. The van der Waals surface area contributed by atoms with E-state index < -0.39 is 0 Å². The third-order valence-electron chi connectivity index (χ3n) is 2.96. The number of benzene rings is 1. The Balaban J connectivity index is 2.27. The number of anilines is 1. The molecule has 0 spiro atoms. The maximum absolute atomic E-state index is 4.59. The topological polar surface area (TPSA) is 24.9 Å². The van der Waals surface area contributed by atoms with Gasteiger partial charge in [-0.1, -0.05) is 23.8 Å². The number of aromatic nitrogens is 1. The monoisotopic (exact) mass is 246 g/mol. The number of thiazole rings is 1. The molecule has 0 aliphatic rings. The molecule has 90 valence electrons. The summed E-state index contributed by atoms with van der Waals surface area (Å²) in [4.78, 5) is 5.89. The molecule has 1 aromatic heterocycles. The molecule has 0 atom stereocenters. The SMILES string of the molecule is CNc1nc(Cc2ccc(C)cc2C)c(C)s1. The van der Waals surface area contributed by atoms with Crippen molar-refractivity contribution in [2.24, 2.45) is 0 Å². The number of nitrogens with zero attached hydrogens (tertiary/aromatic N) is 1. The van der Waals surface area contributed by atoms with Gasteiger partial charge in [-0.25, -0.2) is 4.98 Å². The van der Waals surface area contributed by atoms with Crippen LogP contribution in [0.1, 0.15) is 27.3 Å². The fourth-order valence-corrected chi connectivity index (χ4v) is 2.71. The van der Waals surface area contributed by atoms with Crippen molar-refractivity contribution in [2.45, 2.75) is 27.2 Å². The highest BCUT2D eigenvalue weighted by Gasteiger charge is 2.08. The summed E-state index contributed by atoms with van der Waals surface area (Å²) in [6.07, 6.45) is 0.927. The van der Waals surface area contributed by atoms with Crippen LogP contribution in [0.15, 0.2) is 18.2 Å². The molecular weight excluding hydrogens is 228 g/mol. The van der Waals surface area contributed by atoms with Crippen molar-refractivity contribution in [3.63, 3.8) is 0 Å². The minimum Gasteiger partial charge on any atom is -0.365 e. The quantitative estimate of drug-likeness (QED) is 0.893. The maximum Gasteiger partial charge on any atom is 0.182 e. The lowest BCUT2D eigenvalue weighted by atomic mass is 10.0. The van der Waals surface area contributed by atoms with E-state index in [1.165, 1.54) is 27.3 Å². The Morgan fingerprint density at radius 1 is 1.24 bits per heavy atom. The van der Waals surface area contributed by atoms with Crippen LogP contribution in [0.3, 0.4) is 0 Å². The lowest BCUT2D eigenvalue weighted by molar-refractivity contribution is 1.06. The minimum absolute atomic E-state index is 0.927. The first kappa shape index (κ1) is 12.1. The Hall–Kier alpha value is -1.35. The Morgan fingerprint density at radius 3 is 2.59 bits per heavy atom. The number of hydrogen-bond acceptors (Lipinski definition) is 3. The van der Waals surface area contributed by atoms with Gasteiger partial charge in [0.05, 0.1) is 5.69 Å². The van der Waals surface area contributed by atoms with Crippen molar-refractivity contribution in [2.75, 3.05) is 12.4 Å². The molecule has 2 rings (SSSR count). The van der Waals surface area contributed by atoms with Gasteiger partial charge in [0, 0.05) is 18.3 Å². The summed E-state index contributed by atoms with van der Waals surface area (Å²) >= 11 is 1.72. The summed E-state index contributed by atoms with van der Waals surface area (Å²) in [5, 5.41) is 4.11. The predicted molar refractivity (Wildman–Crippen MR) is 75.1 cm³/mol. The van der Waals surface area contributed by atoms with Crippen LogP contribution >= 0.6 is 11.3 Å². The van der Waals surface area contributed by atoms with Crippen LogP contribution in [0.4, 0.5) is 5.13 Å². The number of rotatable bonds is 3. The molecule has 2 nitrogen and oxygen atoms in total. The molecule has 2 aromatic rings. The molecule has 17 heavy (non-hydrogen) atoms. The molecule has 3 heteroatoms. The average Bonchev–Trinajstić information content (AvgIpc) is 2.64. The summed E-state index contributed by atoms with van der Waals surface area (Å²) in [6, 6.07) is 6.61. The van der Waals surface area contributed by atoms with Gasteiger partial charge < -0.3 is 5.32 Å². The third-order valence-corrected chi connectivity index (χ3v) is 3.99. The van der Waals surface area contributed by atoms with Gasteiger partial charge in [-0.15, -0.1) is 11.3 Å². The van der Waals surface area contributed by atoms with Crippen LogP contribution in [-0.4, -0.2) is 12.0 Å². The first-order valence-electron chi connectivity index (χ1n) is 5.80. The van der Waals surface area contributed by atoms with Crippen molar-refractivity contribution >= 4 is 16.5 Å². The van der Waals surface area contributed by atoms with Crippen molar-refractivity contribution in [1.82, 2.24) is 4.98 Å². The smallest absolute Gasteiger partial charge is 0.182 e. The average molecular weight is 246 g/mol. The molecular formula is C14H18N2S. The van der Waals surface area contributed by atoms with E-state index in [0.717, 1.165) is 11.6 Å². The van der Waals surface area contributed by atoms with E-state index in [-0.39, 0.29) is 0 Å². The van der Waals surface area contributed by atoms with Crippen LogP contribution in [0, 0.1) is 20.8 Å². The van der Waals surface area contributed by atoms with Crippen molar-refractivity contribution < 1.29 is 0 Å². The maximum atomic E-state index is 4.59. The van der Waals surface area contributed by atoms with E-state index in [1.54, 1.807) is 11.3 Å². The second-order valence-electron chi connectivity index (χ2n) is 4.38. The predicted octanol–water partition coefficient (Wildman–Crippen LogP) is 3.70. The van der Waals surface area contributed by atoms with E-state index in [4.69, 9.17) is 0 Å². The van der Waals surface area contributed by atoms with Crippen molar-refractivity contribution in [3.05, 3.63) is 45.5 Å². The van der Waals surface area contributed by atoms with E-state index in [9.17, 15) is 0 Å². The van der Waals surface area contributed by atoms with E-state index >= 15 is 0 Å². The fraction of sp³-hybridized carbons (Fsp3) is 0.357. The van der Waals surface area contributed by atoms with Gasteiger partial charge in [-0.05, 0) is 31.9 Å². The molecule has 0 aliphatic carbocycles. The Morgan fingerprint density at radius 2 is 2.00 bits per heavy atom. The lowest BCUT2D eigenvalue weighted by Crippen LogP contribution is -1.95. The van der Waals surface area contributed by atoms with Crippen LogP contribution in [0.5, 0.6) is 0 Å². The molecule has 1 heterocycles. The summed E-state index contributed by atoms with van der Waals surface area (Å²) in [7, 11) is 1.92. The highest BCUT2D eigenvalue weighted by molar-refractivity contribution is 7.15. The third kappa shape index (κ3) is 2.67. The largest absolute Gasteiger partial charge is 0.365 e. The first-order chi connectivity index (χ1) is 8.10. The van der Waals surface area contributed by atoms with E-state index in [2.05, 4.69) is 49.3 Å². The number of aryl methyl sites for hydroxylation is 3. The molecule has 1 aromatic carbocycles. The Bertz CT molecular complexity index is 529. The molecule has 0 unspecified atom stereocenters. The zero-order chi connectivity index (χ0) is 12.4. The highest BCUT2D eigenvalue weighted by Crippen LogP contribution is 2.24. The summed E-state index contributed by atoms with van der Waals surface area (Å²) in [5.41, 5.74) is 5.22. The zero-order valence-electron chi connectivity index (χ0n) is 10.8. The Kier molecular flexibility index (Phi) is 3.48. The standard InChI is InChI=1S/C14H18N2S/c1-9-5-6-12(10(2)7-9)8-13-11(3)17-14(15-4)16-13/h5-7H,8H2,1-4H3,(H,15,16). The van der Waals surface area contributed by atoms with Crippen LogP contribution in [0.2, 0.25) is 0 Å². The van der Waals surface area contributed by atoms with E-state index in [0.29, 0.717) is 0 Å².